The Kier molecular flexibility index (Phi) is 5.24. The maximum Gasteiger partial charge on any atom is 0.199 e. The molecule has 0 fully saturated rings. The van der Waals surface area contributed by atoms with Gasteiger partial charge in [0.25, 0.3) is 0 Å². The van der Waals surface area contributed by atoms with Crippen molar-refractivity contribution in [3.05, 3.63) is 56.3 Å². The summed E-state index contributed by atoms with van der Waals surface area (Å²) in [7, 11) is 0. The topological polar surface area (TPSA) is 51.4 Å². The summed E-state index contributed by atoms with van der Waals surface area (Å²) >= 11 is 9.11. The van der Waals surface area contributed by atoms with Gasteiger partial charge in [0.1, 0.15) is 5.82 Å². The van der Waals surface area contributed by atoms with Gasteiger partial charge in [-0.25, -0.2) is 0 Å². The minimum Gasteiger partial charge on any atom is -0.272 e. The molecule has 1 aromatic carbocycles. The van der Waals surface area contributed by atoms with Crippen LogP contribution in [-0.4, -0.2) is 24.5 Å². The minimum absolute atomic E-state index is 0.155. The number of nitrogens with zero attached hydrogens (tertiary/aromatic N) is 4. The van der Waals surface area contributed by atoms with E-state index in [1.807, 2.05) is 17.7 Å². The van der Waals surface area contributed by atoms with E-state index in [0.29, 0.717) is 4.77 Å². The number of benzene rings is 1. The van der Waals surface area contributed by atoms with Gasteiger partial charge in [-0.1, -0.05) is 32.0 Å². The Balaban J connectivity index is 2.01. The number of H-pyrrole nitrogens is 1. The first-order valence-corrected chi connectivity index (χ1v) is 9.59. The predicted octanol–water partition coefficient (Wildman–Crippen LogP) is 4.87. The van der Waals surface area contributed by atoms with Crippen molar-refractivity contribution in [2.24, 2.45) is 0 Å². The number of aromatic amines is 1. The largest absolute Gasteiger partial charge is 0.272 e. The van der Waals surface area contributed by atoms with Crippen LogP contribution in [0.25, 0.3) is 5.69 Å². The van der Waals surface area contributed by atoms with Gasteiger partial charge in [0, 0.05) is 11.6 Å². The molecule has 0 radical (unpaired) electrons. The lowest BCUT2D eigenvalue weighted by Gasteiger charge is -2.16. The molecule has 132 valence electrons. The summed E-state index contributed by atoms with van der Waals surface area (Å²) in [6.07, 6.45) is 0.946. The zero-order valence-corrected chi connectivity index (χ0v) is 17.3. The summed E-state index contributed by atoms with van der Waals surface area (Å²) in [5.41, 5.74) is 4.47. The molecule has 0 saturated heterocycles. The fourth-order valence-electron chi connectivity index (χ4n) is 3.09. The fourth-order valence-corrected chi connectivity index (χ4v) is 3.62. The summed E-state index contributed by atoms with van der Waals surface area (Å²) in [4.78, 5) is 0. The summed E-state index contributed by atoms with van der Waals surface area (Å²) in [6, 6.07) is 8.33. The normalized spacial score (nSPS) is 12.5. The van der Waals surface area contributed by atoms with Crippen LogP contribution in [-0.2, 0) is 13.0 Å². The zero-order chi connectivity index (χ0) is 18.1. The van der Waals surface area contributed by atoms with E-state index in [-0.39, 0.29) is 5.92 Å². The van der Waals surface area contributed by atoms with Gasteiger partial charge in [-0.2, -0.15) is 10.2 Å². The van der Waals surface area contributed by atoms with Gasteiger partial charge in [-0.05, 0) is 60.0 Å². The van der Waals surface area contributed by atoms with Crippen molar-refractivity contribution in [3.8, 4) is 5.69 Å². The van der Waals surface area contributed by atoms with Crippen molar-refractivity contribution < 1.29 is 0 Å². The van der Waals surface area contributed by atoms with Crippen molar-refractivity contribution in [3.63, 3.8) is 0 Å². The number of nitrogens with one attached hydrogen (secondary N) is 1. The highest BCUT2D eigenvalue weighted by Gasteiger charge is 2.19. The molecule has 0 amide bonds. The molecular formula is C18H22BrN5S. The number of hydrogen-bond acceptors (Lipinski definition) is 3. The number of hydrogen-bond donors (Lipinski definition) is 1. The van der Waals surface area contributed by atoms with E-state index < -0.39 is 0 Å². The Hall–Kier alpha value is -1.73. The highest BCUT2D eigenvalue weighted by molar-refractivity contribution is 9.10. The minimum atomic E-state index is 0.155. The molecule has 0 saturated carbocycles. The molecule has 5 nitrogen and oxygen atoms in total. The van der Waals surface area contributed by atoms with E-state index in [1.165, 1.54) is 5.56 Å². The molecule has 7 heteroatoms. The predicted molar refractivity (Wildman–Crippen MR) is 106 cm³/mol. The van der Waals surface area contributed by atoms with Crippen molar-refractivity contribution in [1.29, 1.82) is 0 Å². The van der Waals surface area contributed by atoms with E-state index >= 15 is 0 Å². The Morgan fingerprint density at radius 3 is 2.64 bits per heavy atom. The lowest BCUT2D eigenvalue weighted by Crippen LogP contribution is -2.14. The maximum absolute atomic E-state index is 5.51. The third kappa shape index (κ3) is 3.35. The Morgan fingerprint density at radius 1 is 1.28 bits per heavy atom. The smallest absolute Gasteiger partial charge is 0.199 e. The van der Waals surface area contributed by atoms with Crippen LogP contribution in [0.15, 0.2) is 28.7 Å². The van der Waals surface area contributed by atoms with Crippen LogP contribution >= 0.6 is 28.1 Å². The van der Waals surface area contributed by atoms with Crippen molar-refractivity contribution in [1.82, 2.24) is 24.5 Å². The van der Waals surface area contributed by atoms with Gasteiger partial charge in [-0.15, -0.1) is 0 Å². The van der Waals surface area contributed by atoms with Gasteiger partial charge >= 0.3 is 0 Å². The molecule has 1 N–H and O–H groups in total. The lowest BCUT2D eigenvalue weighted by atomic mass is 10.1. The van der Waals surface area contributed by atoms with Crippen LogP contribution in [0.3, 0.4) is 0 Å². The van der Waals surface area contributed by atoms with Gasteiger partial charge in [-0.3, -0.25) is 14.3 Å². The SMILES string of the molecule is CCc1ccccc1-n1c(C(C)Cn2nc(C)c(Br)c2C)n[nH]c1=S. The van der Waals surface area contributed by atoms with E-state index in [9.17, 15) is 0 Å². The van der Waals surface area contributed by atoms with Crippen LogP contribution in [0, 0.1) is 18.6 Å². The molecule has 0 aliphatic heterocycles. The molecule has 25 heavy (non-hydrogen) atoms. The second-order valence-electron chi connectivity index (χ2n) is 6.27. The molecule has 0 spiro atoms. The average molecular weight is 420 g/mol. The molecule has 0 aliphatic carbocycles. The maximum atomic E-state index is 5.51. The van der Waals surface area contributed by atoms with Gasteiger partial charge in [0.05, 0.1) is 22.4 Å². The van der Waals surface area contributed by atoms with E-state index in [0.717, 1.165) is 40.3 Å². The van der Waals surface area contributed by atoms with Gasteiger partial charge in [0.2, 0.25) is 0 Å². The highest BCUT2D eigenvalue weighted by atomic mass is 79.9. The Morgan fingerprint density at radius 2 is 2.00 bits per heavy atom. The van der Waals surface area contributed by atoms with Crippen LogP contribution in [0.5, 0.6) is 0 Å². The first-order chi connectivity index (χ1) is 11.9. The molecule has 2 heterocycles. The van der Waals surface area contributed by atoms with Crippen LogP contribution in [0.4, 0.5) is 0 Å². The molecule has 1 atom stereocenters. The number of halogens is 1. The third-order valence-corrected chi connectivity index (χ3v) is 5.91. The quantitative estimate of drug-likeness (QED) is 0.599. The summed E-state index contributed by atoms with van der Waals surface area (Å²) in [5, 5.41) is 12.1. The summed E-state index contributed by atoms with van der Waals surface area (Å²) in [6.45, 7) is 9.12. The number of aryl methyl sites for hydroxylation is 2. The number of aromatic nitrogens is 5. The van der Waals surface area contributed by atoms with E-state index in [2.05, 4.69) is 74.8 Å². The fraction of sp³-hybridized carbons (Fsp3) is 0.389. The number of rotatable bonds is 5. The molecule has 3 aromatic rings. The second-order valence-corrected chi connectivity index (χ2v) is 7.45. The molecule has 2 aromatic heterocycles. The second kappa shape index (κ2) is 7.25. The lowest BCUT2D eigenvalue weighted by molar-refractivity contribution is 0.506. The van der Waals surface area contributed by atoms with Crippen molar-refractivity contribution in [2.45, 2.75) is 46.6 Å². The molecular weight excluding hydrogens is 398 g/mol. The van der Waals surface area contributed by atoms with E-state index in [4.69, 9.17) is 12.2 Å². The van der Waals surface area contributed by atoms with Crippen molar-refractivity contribution >= 4 is 28.1 Å². The Labute approximate surface area is 161 Å². The summed E-state index contributed by atoms with van der Waals surface area (Å²) < 4.78 is 5.77. The van der Waals surface area contributed by atoms with Crippen LogP contribution in [0.2, 0.25) is 0 Å². The first kappa shape index (κ1) is 18.1. The standard InChI is InChI=1S/C18H22BrN5S/c1-5-14-8-6-7-9-15(14)24-17(20-21-18(24)25)11(2)10-23-13(4)16(19)12(3)22-23/h6-9,11H,5,10H2,1-4H3,(H,21,25). The highest BCUT2D eigenvalue weighted by Crippen LogP contribution is 2.25. The summed E-state index contributed by atoms with van der Waals surface area (Å²) in [5.74, 6) is 1.08. The number of para-hydroxylation sites is 1. The Bertz CT molecular complexity index is 953. The molecule has 3 rings (SSSR count). The van der Waals surface area contributed by atoms with E-state index in [1.54, 1.807) is 0 Å². The van der Waals surface area contributed by atoms with Crippen LogP contribution in [0.1, 0.15) is 42.5 Å². The van der Waals surface area contributed by atoms with Gasteiger partial charge < -0.3 is 0 Å². The van der Waals surface area contributed by atoms with Gasteiger partial charge in [0.15, 0.2) is 4.77 Å². The first-order valence-electron chi connectivity index (χ1n) is 8.39. The third-order valence-electron chi connectivity index (χ3n) is 4.49. The van der Waals surface area contributed by atoms with Crippen molar-refractivity contribution in [2.75, 3.05) is 0 Å². The molecule has 0 bridgehead atoms. The molecule has 0 aliphatic rings. The monoisotopic (exact) mass is 419 g/mol. The molecule has 1 unspecified atom stereocenters. The van der Waals surface area contributed by atoms with Crippen LogP contribution < -0.4 is 0 Å². The zero-order valence-electron chi connectivity index (χ0n) is 14.9. The average Bonchev–Trinajstić information content (AvgIpc) is 3.10.